The van der Waals surface area contributed by atoms with Crippen molar-refractivity contribution in [3.05, 3.63) is 171 Å². The maximum absolute atomic E-state index is 12.2. The van der Waals surface area contributed by atoms with Crippen LogP contribution in [0.3, 0.4) is 0 Å². The lowest BCUT2D eigenvalue weighted by molar-refractivity contribution is -0.130. The van der Waals surface area contributed by atoms with Gasteiger partial charge in [-0.1, -0.05) is 49.7 Å². The number of ether oxygens (including phenoxy) is 1. The van der Waals surface area contributed by atoms with E-state index in [9.17, 15) is 54.6 Å². The minimum Gasteiger partial charge on any atom is -0.507 e. The number of hydrogen-bond donors (Lipinski definition) is 10. The van der Waals surface area contributed by atoms with Gasteiger partial charge in [0.2, 0.25) is 29.5 Å². The quantitative estimate of drug-likeness (QED) is 0.0271. The van der Waals surface area contributed by atoms with E-state index < -0.39 is 0 Å². The van der Waals surface area contributed by atoms with Gasteiger partial charge in [0.05, 0.1) is 19.3 Å². The second kappa shape index (κ2) is 44.5. The third-order valence-electron chi connectivity index (χ3n) is 19.9. The molecule has 0 spiro atoms. The lowest BCUT2D eigenvalue weighted by Crippen LogP contribution is -2.44. The van der Waals surface area contributed by atoms with Crippen LogP contribution in [0.1, 0.15) is 146 Å². The number of aromatic hydroxyl groups is 5. The van der Waals surface area contributed by atoms with Crippen molar-refractivity contribution >= 4 is 59.9 Å². The largest absolute Gasteiger partial charge is 0.507 e. The summed E-state index contributed by atoms with van der Waals surface area (Å²) in [4.78, 5) is 69.4. The minimum absolute atomic E-state index is 0.00929. The van der Waals surface area contributed by atoms with Gasteiger partial charge in [-0.3, -0.25) is 24.0 Å². The molecule has 0 aromatic heterocycles. The van der Waals surface area contributed by atoms with Crippen LogP contribution >= 0.6 is 0 Å². The second-order valence-corrected chi connectivity index (χ2v) is 27.9. The number of rotatable bonds is 19. The molecule has 21 heteroatoms. The van der Waals surface area contributed by atoms with Crippen LogP contribution in [0.2, 0.25) is 0 Å². The Kier molecular flexibility index (Phi) is 35.9. The first kappa shape index (κ1) is 84.7. The molecular formula is C84H113N5O16. The van der Waals surface area contributed by atoms with Crippen LogP contribution < -0.4 is 4.74 Å². The summed E-state index contributed by atoms with van der Waals surface area (Å²) in [6, 6.07) is 24.7. The number of unbranched alkanes of at least 4 members (excludes halogenated alkanes) is 1. The molecule has 1 atom stereocenters. The number of aryl methyl sites for hydroxylation is 5. The number of likely N-dealkylation sites (tertiary alicyclic amines) is 5. The van der Waals surface area contributed by atoms with Crippen molar-refractivity contribution in [1.29, 1.82) is 0 Å². The fourth-order valence-electron chi connectivity index (χ4n) is 12.6. The van der Waals surface area contributed by atoms with E-state index in [0.29, 0.717) is 123 Å². The van der Waals surface area contributed by atoms with E-state index in [1.165, 1.54) is 30.4 Å². The minimum atomic E-state index is -0.108. The average molecular weight is 1450 g/mol. The Balaban J connectivity index is 0.000000206. The monoisotopic (exact) mass is 1450 g/mol. The van der Waals surface area contributed by atoms with Crippen molar-refractivity contribution in [2.75, 3.05) is 98.5 Å². The number of nitrogens with zero attached hydrogens (tertiary/aromatic N) is 5. The van der Waals surface area contributed by atoms with Crippen molar-refractivity contribution in [1.82, 2.24) is 24.5 Å². The smallest absolute Gasteiger partial charge is 0.246 e. The normalized spacial score (nSPS) is 17.1. The van der Waals surface area contributed by atoms with Gasteiger partial charge in [-0.2, -0.15) is 0 Å². The van der Waals surface area contributed by atoms with E-state index in [1.807, 2.05) is 58.9 Å². The first-order valence-electron chi connectivity index (χ1n) is 37.0. The molecule has 5 aliphatic rings. The number of hydrogen-bond acceptors (Lipinski definition) is 16. The van der Waals surface area contributed by atoms with Gasteiger partial charge in [-0.05, 0) is 236 Å². The predicted molar refractivity (Wildman–Crippen MR) is 412 cm³/mol. The molecule has 570 valence electrons. The van der Waals surface area contributed by atoms with Gasteiger partial charge in [-0.25, -0.2) is 0 Å². The van der Waals surface area contributed by atoms with Gasteiger partial charge in [0.25, 0.3) is 0 Å². The van der Waals surface area contributed by atoms with Crippen molar-refractivity contribution in [3.63, 3.8) is 0 Å². The summed E-state index contributed by atoms with van der Waals surface area (Å²) in [6.07, 6.45) is 27.4. The Morgan fingerprint density at radius 3 is 1.01 bits per heavy atom. The molecule has 5 heterocycles. The fourth-order valence-corrected chi connectivity index (χ4v) is 12.6. The van der Waals surface area contributed by atoms with Gasteiger partial charge in [0.1, 0.15) is 34.5 Å². The van der Waals surface area contributed by atoms with E-state index in [-0.39, 0.29) is 97.4 Å². The van der Waals surface area contributed by atoms with Gasteiger partial charge in [0, 0.05) is 150 Å². The summed E-state index contributed by atoms with van der Waals surface area (Å²) in [7, 11) is 0. The Bertz CT molecular complexity index is 3650. The summed E-state index contributed by atoms with van der Waals surface area (Å²) >= 11 is 0. The van der Waals surface area contributed by atoms with Crippen molar-refractivity contribution in [2.24, 2.45) is 23.7 Å². The Morgan fingerprint density at radius 2 is 0.686 bits per heavy atom. The third-order valence-corrected chi connectivity index (χ3v) is 19.9. The number of carbonyl (C=O) groups excluding carboxylic acids is 5. The molecule has 21 nitrogen and oxygen atoms in total. The predicted octanol–water partition coefficient (Wildman–Crippen LogP) is 11.0. The molecule has 5 aromatic carbocycles. The van der Waals surface area contributed by atoms with Crippen LogP contribution in [0.4, 0.5) is 0 Å². The second-order valence-electron chi connectivity index (χ2n) is 27.9. The van der Waals surface area contributed by atoms with Crippen LogP contribution in [0, 0.1) is 58.3 Å². The molecule has 0 bridgehead atoms. The molecule has 1 unspecified atom stereocenters. The number of phenolic OH excluding ortho intramolecular Hbond substituents is 5. The summed E-state index contributed by atoms with van der Waals surface area (Å²) < 4.78 is 5.54. The first-order chi connectivity index (χ1) is 50.4. The van der Waals surface area contributed by atoms with Gasteiger partial charge in [-0.15, -0.1) is 0 Å². The summed E-state index contributed by atoms with van der Waals surface area (Å²) in [6.45, 7) is 19.3. The maximum atomic E-state index is 12.2. The van der Waals surface area contributed by atoms with Crippen molar-refractivity contribution in [2.45, 2.75) is 131 Å². The maximum Gasteiger partial charge on any atom is 0.246 e. The molecule has 10 rings (SSSR count). The first-order valence-corrected chi connectivity index (χ1v) is 37.0. The standard InChI is InChI=1S/C19H27NO4.C17H23NO3.3C16H21NO3/c1-2-3-12-24-17-6-4-16(18(22)13-17)5-7-19(23)20-10-8-15(14-21)9-11-20;1-12-9-15(16(20)10-13(12)2)3-4-17(21)18-7-5-14(11-19)6-8-18;2*1-12-2-3-14(15(19)10-12)4-5-16(20)17-8-6-13(11-18)7-9-17;1-12-5-6-13(15(19)10-12)7-8-16(20)17-9-3-2-4-14(17)11-18/h4-7,13,15,21-22H,2-3,8-12,14H2,1H3;3-4,9-10,14,19-20H,5-8,11H2,1-2H3;2*2-5,10,13,18-19H,6-9,11H2,1H3;5-8,10,14,18-19H,2-4,9,11H2,1H3/b7-5+;4-3+;2*5-4+;8-7+. The average Bonchev–Trinajstić information content (AvgIpc) is 0.857. The molecular weight excluding hydrogens is 1330 g/mol. The zero-order valence-electron chi connectivity index (χ0n) is 62.2. The zero-order valence-corrected chi connectivity index (χ0v) is 62.2. The van der Waals surface area contributed by atoms with E-state index >= 15 is 0 Å². The van der Waals surface area contributed by atoms with E-state index in [1.54, 1.807) is 116 Å². The fraction of sp³-hybridized carbons (Fsp3) is 0.464. The lowest BCUT2D eigenvalue weighted by atomic mass is 9.98. The Morgan fingerprint density at radius 1 is 0.371 bits per heavy atom. The molecule has 5 amide bonds. The highest BCUT2D eigenvalue weighted by Crippen LogP contribution is 2.29. The SMILES string of the molecule is CCCCOc1ccc(/C=C/C(=O)N2CCC(CO)CC2)c(O)c1.Cc1cc(O)c(/C=C/C(=O)N2CCC(CO)CC2)cc1C.Cc1ccc(/C=C/C(=O)N2CCC(CO)CC2)c(O)c1.Cc1ccc(/C=C/C(=O)N2CCC(CO)CC2)c(O)c1.Cc1ccc(/C=C/C(=O)N2CCCCC2CO)c(O)c1. The molecule has 5 aromatic rings. The molecule has 10 N–H and O–H groups in total. The van der Waals surface area contributed by atoms with Crippen LogP contribution in [-0.4, -0.2) is 210 Å². The van der Waals surface area contributed by atoms with Crippen LogP contribution in [0.15, 0.2) is 115 Å². The molecule has 0 aliphatic carbocycles. The Labute approximate surface area is 620 Å². The van der Waals surface area contributed by atoms with Gasteiger partial charge < -0.3 is 80.3 Å². The highest BCUT2D eigenvalue weighted by Gasteiger charge is 2.27. The third kappa shape index (κ3) is 28.3. The lowest BCUT2D eigenvalue weighted by Gasteiger charge is -2.33. The number of carbonyl (C=O) groups is 5. The number of phenols is 5. The number of aliphatic hydroxyl groups excluding tert-OH is 5. The molecule has 5 saturated heterocycles. The molecule has 5 aliphatic heterocycles. The topological polar surface area (TPSA) is 313 Å². The number of piperidine rings is 5. The van der Waals surface area contributed by atoms with E-state index in [4.69, 9.17) is 25.2 Å². The molecule has 0 saturated carbocycles. The molecule has 105 heavy (non-hydrogen) atoms. The highest BCUT2D eigenvalue weighted by atomic mass is 16.5. The van der Waals surface area contributed by atoms with Crippen LogP contribution in [0.5, 0.6) is 34.5 Å². The number of benzene rings is 5. The van der Waals surface area contributed by atoms with Gasteiger partial charge in [0.15, 0.2) is 0 Å². The van der Waals surface area contributed by atoms with Crippen LogP contribution in [0.25, 0.3) is 30.4 Å². The van der Waals surface area contributed by atoms with Gasteiger partial charge >= 0.3 is 0 Å². The summed E-state index contributed by atoms with van der Waals surface area (Å²) in [5, 5.41) is 95.0. The van der Waals surface area contributed by atoms with E-state index in [2.05, 4.69) is 6.92 Å². The summed E-state index contributed by atoms with van der Waals surface area (Å²) in [5.41, 5.74) is 8.24. The highest BCUT2D eigenvalue weighted by molar-refractivity contribution is 5.95. The molecule has 5 fully saturated rings. The molecule has 0 radical (unpaired) electrons. The van der Waals surface area contributed by atoms with Crippen molar-refractivity contribution < 1.29 is 79.8 Å². The summed E-state index contributed by atoms with van der Waals surface area (Å²) in [5.74, 6) is 2.47. The Hall–Kier alpha value is -9.25. The van der Waals surface area contributed by atoms with Crippen LogP contribution in [-0.2, 0) is 24.0 Å². The number of aliphatic hydroxyl groups is 5. The van der Waals surface area contributed by atoms with Crippen molar-refractivity contribution in [3.8, 4) is 34.5 Å². The number of amides is 5. The van der Waals surface area contributed by atoms with E-state index in [0.717, 1.165) is 111 Å². The zero-order chi connectivity index (χ0) is 76.4.